The summed E-state index contributed by atoms with van der Waals surface area (Å²) < 4.78 is 62.1. The van der Waals surface area contributed by atoms with Crippen molar-refractivity contribution in [2.24, 2.45) is 22.7 Å². The number of hydrogen-bond acceptors (Lipinski definition) is 5. The van der Waals surface area contributed by atoms with Crippen LogP contribution in [0.25, 0.3) is 0 Å². The first kappa shape index (κ1) is 25.1. The highest BCUT2D eigenvalue weighted by molar-refractivity contribution is 8.18. The average Bonchev–Trinajstić information content (AvgIpc) is 2.99. The van der Waals surface area contributed by atoms with Gasteiger partial charge in [0, 0.05) is 18.3 Å². The van der Waals surface area contributed by atoms with Crippen LogP contribution in [0.15, 0.2) is 23.8 Å². The predicted molar refractivity (Wildman–Crippen MR) is 123 cm³/mol. The van der Waals surface area contributed by atoms with E-state index in [1.807, 2.05) is 13.2 Å². The topological polar surface area (TPSA) is 43.4 Å². The van der Waals surface area contributed by atoms with Crippen molar-refractivity contribution in [3.8, 4) is 0 Å². The highest BCUT2D eigenvalue weighted by Gasteiger charge is 2.74. The van der Waals surface area contributed by atoms with Crippen molar-refractivity contribution >= 4 is 35.3 Å². The van der Waals surface area contributed by atoms with Crippen LogP contribution in [0.3, 0.4) is 0 Å². The van der Waals surface area contributed by atoms with Crippen molar-refractivity contribution in [2.45, 2.75) is 74.9 Å². The molecule has 0 heterocycles. The number of allylic oxidation sites excluding steroid dienone is 4. The molecule has 1 unspecified atom stereocenters. The van der Waals surface area contributed by atoms with E-state index in [0.29, 0.717) is 31.3 Å². The number of thioether (sulfide) groups is 2. The van der Waals surface area contributed by atoms with E-state index in [9.17, 15) is 22.8 Å². The third kappa shape index (κ3) is 3.62. The van der Waals surface area contributed by atoms with Crippen LogP contribution in [0.1, 0.15) is 52.9 Å². The molecule has 4 aliphatic rings. The zero-order valence-electron chi connectivity index (χ0n) is 19.3. The molecule has 7 atom stereocenters. The molecule has 0 aromatic heterocycles. The van der Waals surface area contributed by atoms with E-state index in [4.69, 9.17) is 4.74 Å². The third-order valence-corrected chi connectivity index (χ3v) is 12.6. The maximum atomic E-state index is 17.6. The zero-order valence-corrected chi connectivity index (χ0v) is 20.9. The van der Waals surface area contributed by atoms with Gasteiger partial charge in [-0.15, -0.1) is 23.5 Å². The Morgan fingerprint density at radius 3 is 2.55 bits per heavy atom. The molecule has 0 amide bonds. The van der Waals surface area contributed by atoms with Gasteiger partial charge >= 0.3 is 12.1 Å². The van der Waals surface area contributed by atoms with Crippen LogP contribution < -0.4 is 0 Å². The van der Waals surface area contributed by atoms with Crippen molar-refractivity contribution < 1.29 is 31.9 Å². The number of halogens is 4. The number of carbonyl (C=O) groups is 2. The minimum absolute atomic E-state index is 0.146. The zero-order chi connectivity index (χ0) is 24.4. The molecule has 4 aliphatic carbocycles. The molecule has 3 saturated carbocycles. The van der Waals surface area contributed by atoms with Gasteiger partial charge < -0.3 is 4.74 Å². The van der Waals surface area contributed by atoms with E-state index >= 15 is 4.39 Å². The lowest BCUT2D eigenvalue weighted by molar-refractivity contribution is -0.209. The van der Waals surface area contributed by atoms with Crippen molar-refractivity contribution in [1.29, 1.82) is 0 Å². The largest absolute Gasteiger partial charge is 0.459 e. The number of hydrogen-bond donors (Lipinski definition) is 0. The summed E-state index contributed by atoms with van der Waals surface area (Å²) in [4.78, 5) is 24.1. The molecule has 3 fully saturated rings. The Kier molecular flexibility index (Phi) is 6.12. The summed E-state index contributed by atoms with van der Waals surface area (Å²) in [7, 11) is 0. The fraction of sp³-hybridized carbons (Fsp3) is 0.750. The summed E-state index contributed by atoms with van der Waals surface area (Å²) in [6, 6.07) is 0. The first-order valence-corrected chi connectivity index (χ1v) is 13.5. The Balaban J connectivity index is 1.80. The van der Waals surface area contributed by atoms with E-state index < -0.39 is 50.5 Å². The van der Waals surface area contributed by atoms with E-state index in [0.717, 1.165) is 11.8 Å². The second-order valence-corrected chi connectivity index (χ2v) is 12.9. The van der Waals surface area contributed by atoms with Gasteiger partial charge in [0.15, 0.2) is 11.5 Å². The molecule has 0 radical (unpaired) electrons. The normalized spacial score (nSPS) is 44.5. The molecule has 0 saturated heterocycles. The summed E-state index contributed by atoms with van der Waals surface area (Å²) in [5.41, 5.74) is -2.98. The lowest BCUT2D eigenvalue weighted by Crippen LogP contribution is -2.68. The molecule has 3 nitrogen and oxygen atoms in total. The number of rotatable bonds is 4. The highest BCUT2D eigenvalue weighted by Crippen LogP contribution is 2.74. The Morgan fingerprint density at radius 2 is 1.94 bits per heavy atom. The quantitative estimate of drug-likeness (QED) is 0.255. The Labute approximate surface area is 200 Å². The standard InChI is InChI=1S/C24H30F4O3S2/c1-14(29)31-19-12-21(3)17(8-10-22(21,32-4)33-13-23(25,26)27)18-6-5-15-11-16(30)7-9-20(15,2)24(18,19)28/h7,9,11,17-19H,5-6,8,10,12-13H2,1-4H3/t17-,18-,19-,20-,21-,22-,24?/m0/s1. The molecule has 0 spiro atoms. The summed E-state index contributed by atoms with van der Waals surface area (Å²) in [6.45, 7) is 4.97. The second kappa shape index (κ2) is 8.04. The molecule has 33 heavy (non-hydrogen) atoms. The van der Waals surface area contributed by atoms with Crippen LogP contribution in [-0.2, 0) is 14.3 Å². The summed E-state index contributed by atoms with van der Waals surface area (Å²) in [5.74, 6) is -2.38. The van der Waals surface area contributed by atoms with E-state index in [1.54, 1.807) is 13.0 Å². The van der Waals surface area contributed by atoms with Gasteiger partial charge in [-0.3, -0.25) is 9.59 Å². The molecule has 0 aromatic rings. The van der Waals surface area contributed by atoms with Crippen molar-refractivity contribution in [3.63, 3.8) is 0 Å². The first-order valence-electron chi connectivity index (χ1n) is 11.3. The smallest absolute Gasteiger partial charge is 0.397 e. The van der Waals surface area contributed by atoms with Gasteiger partial charge in [0.2, 0.25) is 0 Å². The summed E-state index contributed by atoms with van der Waals surface area (Å²) >= 11 is 2.33. The number of fused-ring (bicyclic) bond motifs is 5. The molecule has 0 N–H and O–H groups in total. The Bertz CT molecular complexity index is 918. The van der Waals surface area contributed by atoms with Gasteiger partial charge in [0.25, 0.3) is 0 Å². The lowest BCUT2D eigenvalue weighted by atomic mass is 9.46. The van der Waals surface area contributed by atoms with Gasteiger partial charge in [-0.1, -0.05) is 18.6 Å². The third-order valence-electron chi connectivity index (χ3n) is 8.77. The fourth-order valence-corrected chi connectivity index (χ4v) is 10.2. The minimum Gasteiger partial charge on any atom is -0.459 e. The van der Waals surface area contributed by atoms with Gasteiger partial charge in [-0.05, 0) is 68.8 Å². The number of alkyl halides is 4. The first-order chi connectivity index (χ1) is 15.2. The van der Waals surface area contributed by atoms with E-state index in [2.05, 4.69) is 0 Å². The van der Waals surface area contributed by atoms with Crippen LogP contribution in [0.5, 0.6) is 0 Å². The fourth-order valence-electron chi connectivity index (χ4n) is 7.28. The molecular weight excluding hydrogens is 476 g/mol. The van der Waals surface area contributed by atoms with Crippen LogP contribution in [0.2, 0.25) is 0 Å². The summed E-state index contributed by atoms with van der Waals surface area (Å²) in [5, 5.41) is 0. The monoisotopic (exact) mass is 506 g/mol. The van der Waals surface area contributed by atoms with Crippen LogP contribution >= 0.6 is 23.5 Å². The van der Waals surface area contributed by atoms with Crippen LogP contribution in [0, 0.1) is 22.7 Å². The van der Waals surface area contributed by atoms with Crippen molar-refractivity contribution in [1.82, 2.24) is 0 Å². The highest BCUT2D eigenvalue weighted by atomic mass is 32.2. The Hall–Kier alpha value is -0.960. The van der Waals surface area contributed by atoms with Gasteiger partial charge in [0.05, 0.1) is 9.83 Å². The average molecular weight is 507 g/mol. The molecule has 184 valence electrons. The maximum Gasteiger partial charge on any atom is 0.397 e. The van der Waals surface area contributed by atoms with Gasteiger partial charge in [0.1, 0.15) is 6.10 Å². The molecule has 4 rings (SSSR count). The van der Waals surface area contributed by atoms with E-state index in [-0.39, 0.29) is 18.1 Å². The molecule has 9 heteroatoms. The SMILES string of the molecule is CS[C@]1(SCC(F)(F)F)CC[C@H]2[C@@H]3CCC4=CC(=O)C=C[C@]4(C)C3(F)[C@@H](OC(C)=O)C[C@@]21C. The number of esters is 1. The molecule has 0 aliphatic heterocycles. The van der Waals surface area contributed by atoms with Crippen LogP contribution in [-0.4, -0.2) is 45.8 Å². The number of ether oxygens (including phenoxy) is 1. The number of carbonyl (C=O) groups excluding carboxylic acids is 2. The lowest BCUT2D eigenvalue weighted by Gasteiger charge is -2.63. The maximum absolute atomic E-state index is 17.6. The van der Waals surface area contributed by atoms with Crippen molar-refractivity contribution in [2.75, 3.05) is 12.0 Å². The Morgan fingerprint density at radius 1 is 1.24 bits per heavy atom. The summed E-state index contributed by atoms with van der Waals surface area (Å²) in [6.07, 6.45) is 3.26. The van der Waals surface area contributed by atoms with E-state index in [1.165, 1.54) is 30.8 Å². The van der Waals surface area contributed by atoms with Crippen molar-refractivity contribution in [3.05, 3.63) is 23.8 Å². The molecular formula is C24H30F4O3S2. The van der Waals surface area contributed by atoms with Gasteiger partial charge in [-0.2, -0.15) is 13.2 Å². The van der Waals surface area contributed by atoms with Gasteiger partial charge in [-0.25, -0.2) is 4.39 Å². The molecule has 0 bridgehead atoms. The second-order valence-electron chi connectivity index (χ2n) is 10.2. The number of ketones is 1. The van der Waals surface area contributed by atoms with Crippen LogP contribution in [0.4, 0.5) is 17.6 Å². The molecule has 0 aromatic carbocycles. The minimum atomic E-state index is -4.30. The predicted octanol–water partition coefficient (Wildman–Crippen LogP) is 6.28.